The number of ether oxygens (including phenoxy) is 1. The van der Waals surface area contributed by atoms with Gasteiger partial charge < -0.3 is 14.6 Å². The number of nitrogens with zero attached hydrogens (tertiary/aromatic N) is 5. The summed E-state index contributed by atoms with van der Waals surface area (Å²) in [6.07, 6.45) is 3.06. The van der Waals surface area contributed by atoms with Crippen LogP contribution in [0.25, 0.3) is 10.9 Å². The Labute approximate surface area is 191 Å². The van der Waals surface area contributed by atoms with Crippen LogP contribution in [-0.2, 0) is 17.7 Å². The molecule has 4 aromatic rings. The number of H-pyrrole nitrogens is 1. The van der Waals surface area contributed by atoms with Crippen LogP contribution in [0.15, 0.2) is 53.3 Å². The fourth-order valence-corrected chi connectivity index (χ4v) is 5.14. The molecule has 6 rings (SSSR count). The average Bonchev–Trinajstić information content (AvgIpc) is 3.58. The van der Waals surface area contributed by atoms with Crippen LogP contribution in [0.2, 0.25) is 0 Å². The van der Waals surface area contributed by atoms with Crippen molar-refractivity contribution in [3.05, 3.63) is 81.4 Å². The van der Waals surface area contributed by atoms with E-state index in [1.165, 1.54) is 5.56 Å². The van der Waals surface area contributed by atoms with Crippen molar-refractivity contribution in [2.45, 2.75) is 44.9 Å². The number of hydrogen-bond donors (Lipinski definition) is 1. The Kier molecular flexibility index (Phi) is 4.95. The maximum atomic E-state index is 13.4. The molecule has 33 heavy (non-hydrogen) atoms. The first-order valence-corrected chi connectivity index (χ1v) is 11.5. The zero-order chi connectivity index (χ0) is 22.4. The highest BCUT2D eigenvalue weighted by Crippen LogP contribution is 2.37. The van der Waals surface area contributed by atoms with E-state index in [0.717, 1.165) is 54.6 Å². The van der Waals surface area contributed by atoms with Gasteiger partial charge in [0.15, 0.2) is 5.82 Å². The van der Waals surface area contributed by atoms with Gasteiger partial charge in [-0.3, -0.25) is 4.79 Å². The second-order valence-corrected chi connectivity index (χ2v) is 8.97. The van der Waals surface area contributed by atoms with Crippen molar-refractivity contribution >= 4 is 16.6 Å². The number of aromatic amines is 1. The highest BCUT2D eigenvalue weighted by Gasteiger charge is 2.34. The molecule has 0 aliphatic carbocycles. The third-order valence-corrected chi connectivity index (χ3v) is 6.76. The number of benzene rings is 2. The summed E-state index contributed by atoms with van der Waals surface area (Å²) in [5, 5.41) is 13.8. The molecular formula is C25H26N6O2. The van der Waals surface area contributed by atoms with E-state index in [2.05, 4.69) is 56.6 Å². The van der Waals surface area contributed by atoms with Gasteiger partial charge in [0.25, 0.3) is 5.56 Å². The number of para-hydroxylation sites is 1. The highest BCUT2D eigenvalue weighted by atomic mass is 16.5. The molecule has 2 atom stereocenters. The molecule has 0 spiro atoms. The third kappa shape index (κ3) is 3.60. The minimum absolute atomic E-state index is 0.0938. The Hall–Kier alpha value is -3.52. The number of fused-ring (bicyclic) bond motifs is 2. The lowest BCUT2D eigenvalue weighted by molar-refractivity contribution is 0.0924. The summed E-state index contributed by atoms with van der Waals surface area (Å²) in [5.41, 5.74) is 4.90. The van der Waals surface area contributed by atoms with Gasteiger partial charge in [0.05, 0.1) is 12.6 Å². The molecule has 168 valence electrons. The summed E-state index contributed by atoms with van der Waals surface area (Å²) in [6, 6.07) is 16.0. The van der Waals surface area contributed by atoms with Crippen molar-refractivity contribution in [2.24, 2.45) is 0 Å². The standard InChI is InChI=1S/C25H26N6O2/c1-16-8-9-21-18(13-16)14-20(25(32)26-21)23(30-11-10-17-5-2-3-7-22(17)30)24-27-28-29-31(24)15-19-6-4-12-33-19/h2-3,5,7-9,13-14,19,23H,4,6,10-12,15H2,1H3,(H,26,32). The molecule has 2 aromatic carbocycles. The van der Waals surface area contributed by atoms with Gasteiger partial charge in [-0.05, 0) is 71.8 Å². The van der Waals surface area contributed by atoms with Crippen LogP contribution >= 0.6 is 0 Å². The molecule has 4 heterocycles. The summed E-state index contributed by atoms with van der Waals surface area (Å²) >= 11 is 0. The Morgan fingerprint density at radius 1 is 1.21 bits per heavy atom. The van der Waals surface area contributed by atoms with E-state index >= 15 is 0 Å². The SMILES string of the molecule is Cc1ccc2[nH]c(=O)c(C(c3nnnn3CC3CCCO3)N3CCc4ccccc43)cc2c1. The van der Waals surface area contributed by atoms with E-state index in [9.17, 15) is 4.79 Å². The predicted molar refractivity (Wildman–Crippen MR) is 125 cm³/mol. The number of nitrogens with one attached hydrogen (secondary N) is 1. The van der Waals surface area contributed by atoms with Gasteiger partial charge in [0.2, 0.25) is 0 Å². The second kappa shape index (κ2) is 8.12. The number of anilines is 1. The second-order valence-electron chi connectivity index (χ2n) is 8.97. The van der Waals surface area contributed by atoms with E-state index in [4.69, 9.17) is 4.74 Å². The molecule has 2 aromatic heterocycles. The number of hydrogen-bond acceptors (Lipinski definition) is 6. The number of pyridine rings is 1. The first-order chi connectivity index (χ1) is 16.2. The topological polar surface area (TPSA) is 88.9 Å². The molecule has 2 unspecified atom stereocenters. The molecule has 1 saturated heterocycles. The van der Waals surface area contributed by atoms with Crippen molar-refractivity contribution in [3.63, 3.8) is 0 Å². The van der Waals surface area contributed by atoms with Gasteiger partial charge in [0.1, 0.15) is 6.04 Å². The van der Waals surface area contributed by atoms with Crippen molar-refractivity contribution in [1.29, 1.82) is 0 Å². The quantitative estimate of drug-likeness (QED) is 0.511. The molecule has 8 heteroatoms. The monoisotopic (exact) mass is 442 g/mol. The van der Waals surface area contributed by atoms with E-state index in [-0.39, 0.29) is 11.7 Å². The third-order valence-electron chi connectivity index (χ3n) is 6.76. The van der Waals surface area contributed by atoms with Crippen LogP contribution < -0.4 is 10.5 Å². The van der Waals surface area contributed by atoms with E-state index in [1.54, 1.807) is 0 Å². The Morgan fingerprint density at radius 3 is 3.00 bits per heavy atom. The Bertz CT molecular complexity index is 1370. The summed E-state index contributed by atoms with van der Waals surface area (Å²) in [6.45, 7) is 4.20. The molecule has 0 radical (unpaired) electrons. The summed E-state index contributed by atoms with van der Waals surface area (Å²) in [4.78, 5) is 18.7. The molecule has 1 fully saturated rings. The molecule has 0 bridgehead atoms. The van der Waals surface area contributed by atoms with Gasteiger partial charge >= 0.3 is 0 Å². The normalized spacial score (nSPS) is 18.7. The molecule has 2 aliphatic rings. The van der Waals surface area contributed by atoms with Gasteiger partial charge in [-0.15, -0.1) is 5.10 Å². The van der Waals surface area contributed by atoms with E-state index < -0.39 is 6.04 Å². The van der Waals surface area contributed by atoms with Crippen LogP contribution in [0.3, 0.4) is 0 Å². The van der Waals surface area contributed by atoms with Crippen LogP contribution in [-0.4, -0.2) is 44.4 Å². The largest absolute Gasteiger partial charge is 0.376 e. The van der Waals surface area contributed by atoms with Gasteiger partial charge in [-0.25, -0.2) is 4.68 Å². The van der Waals surface area contributed by atoms with Crippen LogP contribution in [0, 0.1) is 6.92 Å². The molecular weight excluding hydrogens is 416 g/mol. The Morgan fingerprint density at radius 2 is 2.12 bits per heavy atom. The molecule has 0 amide bonds. The maximum absolute atomic E-state index is 13.4. The molecule has 8 nitrogen and oxygen atoms in total. The zero-order valence-electron chi connectivity index (χ0n) is 18.6. The average molecular weight is 443 g/mol. The van der Waals surface area contributed by atoms with Crippen molar-refractivity contribution in [3.8, 4) is 0 Å². The molecule has 2 aliphatic heterocycles. The summed E-state index contributed by atoms with van der Waals surface area (Å²) < 4.78 is 7.67. The van der Waals surface area contributed by atoms with Crippen molar-refractivity contribution in [1.82, 2.24) is 25.2 Å². The summed E-state index contributed by atoms with van der Waals surface area (Å²) in [7, 11) is 0. The van der Waals surface area contributed by atoms with Crippen LogP contribution in [0.1, 0.15) is 41.4 Å². The lowest BCUT2D eigenvalue weighted by Gasteiger charge is -2.29. The predicted octanol–water partition coefficient (Wildman–Crippen LogP) is 3.15. The lowest BCUT2D eigenvalue weighted by Crippen LogP contribution is -2.35. The maximum Gasteiger partial charge on any atom is 0.254 e. The number of tetrazole rings is 1. The number of rotatable bonds is 5. The first kappa shape index (κ1) is 20.1. The first-order valence-electron chi connectivity index (χ1n) is 11.5. The minimum atomic E-state index is -0.404. The fourth-order valence-electron chi connectivity index (χ4n) is 5.14. The van der Waals surface area contributed by atoms with E-state index in [0.29, 0.717) is 17.9 Å². The smallest absolute Gasteiger partial charge is 0.254 e. The van der Waals surface area contributed by atoms with E-state index in [1.807, 2.05) is 28.9 Å². The number of aromatic nitrogens is 5. The van der Waals surface area contributed by atoms with Gasteiger partial charge in [-0.1, -0.05) is 29.8 Å². The fraction of sp³-hybridized carbons (Fsp3) is 0.360. The minimum Gasteiger partial charge on any atom is -0.376 e. The summed E-state index contributed by atoms with van der Waals surface area (Å²) in [5.74, 6) is 0.666. The zero-order valence-corrected chi connectivity index (χ0v) is 18.6. The van der Waals surface area contributed by atoms with Crippen LogP contribution in [0.4, 0.5) is 5.69 Å². The highest BCUT2D eigenvalue weighted by molar-refractivity contribution is 5.80. The number of aryl methyl sites for hydroxylation is 1. The molecule has 1 N–H and O–H groups in total. The molecule has 0 saturated carbocycles. The van der Waals surface area contributed by atoms with Crippen molar-refractivity contribution in [2.75, 3.05) is 18.1 Å². The van der Waals surface area contributed by atoms with Crippen LogP contribution in [0.5, 0.6) is 0 Å². The van der Waals surface area contributed by atoms with Crippen molar-refractivity contribution < 1.29 is 4.74 Å². The van der Waals surface area contributed by atoms with Gasteiger partial charge in [-0.2, -0.15) is 0 Å². The lowest BCUT2D eigenvalue weighted by atomic mass is 10.0. The van der Waals surface area contributed by atoms with Gasteiger partial charge in [0, 0.05) is 29.9 Å². The Balaban J connectivity index is 1.51.